The van der Waals surface area contributed by atoms with Gasteiger partial charge in [-0.1, -0.05) is 31.2 Å². The summed E-state index contributed by atoms with van der Waals surface area (Å²) in [6.45, 7) is 2.05. The molecule has 0 fully saturated rings. The fourth-order valence-corrected chi connectivity index (χ4v) is 2.12. The zero-order valence-electron chi connectivity index (χ0n) is 11.6. The standard InChI is InChI=1S/C16H16N4/c1-3-15-19-14(10-16(17-2)20-15)13-9-8-11-6-4-5-7-12(11)18-13/h4-10H,3H2,1-2H3,(H,17,19,20). The monoisotopic (exact) mass is 264 g/mol. The second-order valence-electron chi connectivity index (χ2n) is 4.55. The Hall–Kier alpha value is -2.49. The van der Waals surface area contributed by atoms with Crippen LogP contribution in [0.1, 0.15) is 12.7 Å². The summed E-state index contributed by atoms with van der Waals surface area (Å²) in [4.78, 5) is 13.6. The third kappa shape index (κ3) is 2.32. The molecule has 0 saturated carbocycles. The Labute approximate surface area is 117 Å². The van der Waals surface area contributed by atoms with E-state index in [1.54, 1.807) is 0 Å². The first-order valence-corrected chi connectivity index (χ1v) is 6.72. The van der Waals surface area contributed by atoms with Crippen LogP contribution in [0.5, 0.6) is 0 Å². The van der Waals surface area contributed by atoms with Gasteiger partial charge in [-0.05, 0) is 12.1 Å². The van der Waals surface area contributed by atoms with Crippen LogP contribution in [0.2, 0.25) is 0 Å². The summed E-state index contributed by atoms with van der Waals surface area (Å²) in [6.07, 6.45) is 0.802. The summed E-state index contributed by atoms with van der Waals surface area (Å²) in [6, 6.07) is 14.1. The van der Waals surface area contributed by atoms with Crippen LogP contribution in [0.3, 0.4) is 0 Å². The van der Waals surface area contributed by atoms with Gasteiger partial charge in [0.2, 0.25) is 0 Å². The van der Waals surface area contributed by atoms with E-state index in [0.717, 1.165) is 40.4 Å². The van der Waals surface area contributed by atoms with Crippen molar-refractivity contribution in [2.24, 2.45) is 0 Å². The maximum atomic E-state index is 4.68. The minimum absolute atomic E-state index is 0.802. The van der Waals surface area contributed by atoms with Crippen LogP contribution in [0.4, 0.5) is 5.82 Å². The molecule has 2 heterocycles. The average molecular weight is 264 g/mol. The fourth-order valence-electron chi connectivity index (χ4n) is 2.12. The van der Waals surface area contributed by atoms with Crippen molar-refractivity contribution in [3.8, 4) is 11.4 Å². The van der Waals surface area contributed by atoms with Gasteiger partial charge in [-0.15, -0.1) is 0 Å². The molecule has 3 aromatic rings. The smallest absolute Gasteiger partial charge is 0.131 e. The van der Waals surface area contributed by atoms with Gasteiger partial charge >= 0.3 is 0 Å². The van der Waals surface area contributed by atoms with E-state index in [4.69, 9.17) is 0 Å². The molecule has 100 valence electrons. The van der Waals surface area contributed by atoms with Gasteiger partial charge in [0.15, 0.2) is 0 Å². The Morgan fingerprint density at radius 1 is 0.950 bits per heavy atom. The molecule has 0 spiro atoms. The molecule has 0 saturated heterocycles. The summed E-state index contributed by atoms with van der Waals surface area (Å²) < 4.78 is 0. The number of pyridine rings is 1. The molecule has 0 aliphatic carbocycles. The number of hydrogen-bond donors (Lipinski definition) is 1. The van der Waals surface area contributed by atoms with Crippen LogP contribution >= 0.6 is 0 Å². The average Bonchev–Trinajstić information content (AvgIpc) is 2.53. The van der Waals surface area contributed by atoms with Crippen molar-refractivity contribution >= 4 is 16.7 Å². The molecule has 1 N–H and O–H groups in total. The van der Waals surface area contributed by atoms with Crippen molar-refractivity contribution in [3.63, 3.8) is 0 Å². The van der Waals surface area contributed by atoms with Gasteiger partial charge < -0.3 is 5.32 Å². The third-order valence-corrected chi connectivity index (χ3v) is 3.21. The van der Waals surface area contributed by atoms with Crippen LogP contribution in [-0.4, -0.2) is 22.0 Å². The third-order valence-electron chi connectivity index (χ3n) is 3.21. The van der Waals surface area contributed by atoms with Gasteiger partial charge in [0.05, 0.1) is 16.9 Å². The van der Waals surface area contributed by atoms with E-state index in [0.29, 0.717) is 0 Å². The molecular weight excluding hydrogens is 248 g/mol. The largest absolute Gasteiger partial charge is 0.373 e. The molecular formula is C16H16N4. The Bertz CT molecular complexity index is 730. The first-order valence-electron chi connectivity index (χ1n) is 6.72. The number of nitrogens with one attached hydrogen (secondary N) is 1. The van der Waals surface area contributed by atoms with Gasteiger partial charge in [-0.2, -0.15) is 0 Å². The normalized spacial score (nSPS) is 10.7. The zero-order valence-corrected chi connectivity index (χ0v) is 11.6. The number of aromatic nitrogens is 3. The number of aryl methyl sites for hydroxylation is 1. The molecule has 20 heavy (non-hydrogen) atoms. The lowest BCUT2D eigenvalue weighted by Crippen LogP contribution is -2.01. The van der Waals surface area contributed by atoms with E-state index < -0.39 is 0 Å². The highest BCUT2D eigenvalue weighted by atomic mass is 15.0. The van der Waals surface area contributed by atoms with Gasteiger partial charge in [0.1, 0.15) is 11.6 Å². The lowest BCUT2D eigenvalue weighted by molar-refractivity contribution is 0.943. The van der Waals surface area contributed by atoms with E-state index in [-0.39, 0.29) is 0 Å². The predicted octanol–water partition coefficient (Wildman–Crippen LogP) is 3.30. The molecule has 0 aliphatic heterocycles. The minimum Gasteiger partial charge on any atom is -0.373 e. The molecule has 0 amide bonds. The Morgan fingerprint density at radius 2 is 1.80 bits per heavy atom. The molecule has 4 nitrogen and oxygen atoms in total. The predicted molar refractivity (Wildman–Crippen MR) is 81.7 cm³/mol. The second kappa shape index (κ2) is 5.25. The van der Waals surface area contributed by atoms with Crippen molar-refractivity contribution in [2.45, 2.75) is 13.3 Å². The summed E-state index contributed by atoms with van der Waals surface area (Å²) >= 11 is 0. The van der Waals surface area contributed by atoms with E-state index in [9.17, 15) is 0 Å². The SMILES string of the molecule is CCc1nc(NC)cc(-c2ccc3ccccc3n2)n1. The number of para-hydroxylation sites is 1. The van der Waals surface area contributed by atoms with Crippen LogP contribution < -0.4 is 5.32 Å². The molecule has 3 rings (SSSR count). The molecule has 0 atom stereocenters. The number of anilines is 1. The van der Waals surface area contributed by atoms with E-state index >= 15 is 0 Å². The van der Waals surface area contributed by atoms with E-state index in [1.165, 1.54) is 0 Å². The highest BCUT2D eigenvalue weighted by Crippen LogP contribution is 2.21. The lowest BCUT2D eigenvalue weighted by Gasteiger charge is -2.07. The highest BCUT2D eigenvalue weighted by molar-refractivity contribution is 5.81. The maximum absolute atomic E-state index is 4.68. The van der Waals surface area contributed by atoms with E-state index in [2.05, 4.69) is 32.4 Å². The topological polar surface area (TPSA) is 50.7 Å². The van der Waals surface area contributed by atoms with Gasteiger partial charge in [-0.3, -0.25) is 0 Å². The maximum Gasteiger partial charge on any atom is 0.131 e. The van der Waals surface area contributed by atoms with Crippen LogP contribution in [0.15, 0.2) is 42.5 Å². The number of benzene rings is 1. The molecule has 4 heteroatoms. The van der Waals surface area contributed by atoms with Crippen LogP contribution in [0.25, 0.3) is 22.3 Å². The minimum atomic E-state index is 0.802. The van der Waals surface area contributed by atoms with Crippen LogP contribution in [-0.2, 0) is 6.42 Å². The number of rotatable bonds is 3. The molecule has 0 aliphatic rings. The zero-order chi connectivity index (χ0) is 13.9. The van der Waals surface area contributed by atoms with E-state index in [1.807, 2.05) is 44.3 Å². The Kier molecular flexibility index (Phi) is 3.29. The summed E-state index contributed by atoms with van der Waals surface area (Å²) in [5.41, 5.74) is 2.71. The number of nitrogens with zero attached hydrogens (tertiary/aromatic N) is 3. The molecule has 0 radical (unpaired) electrons. The van der Waals surface area contributed by atoms with Crippen molar-refractivity contribution in [3.05, 3.63) is 48.3 Å². The summed E-state index contributed by atoms with van der Waals surface area (Å²) in [5, 5.41) is 4.20. The van der Waals surface area contributed by atoms with Crippen molar-refractivity contribution in [1.29, 1.82) is 0 Å². The quantitative estimate of drug-likeness (QED) is 0.788. The number of hydrogen-bond acceptors (Lipinski definition) is 4. The Balaban J connectivity index is 2.14. The van der Waals surface area contributed by atoms with Crippen molar-refractivity contribution in [2.75, 3.05) is 12.4 Å². The lowest BCUT2D eigenvalue weighted by atomic mass is 10.1. The molecule has 1 aromatic carbocycles. The molecule has 0 bridgehead atoms. The van der Waals surface area contributed by atoms with Crippen molar-refractivity contribution in [1.82, 2.24) is 15.0 Å². The van der Waals surface area contributed by atoms with Gasteiger partial charge in [0.25, 0.3) is 0 Å². The van der Waals surface area contributed by atoms with Gasteiger partial charge in [-0.25, -0.2) is 15.0 Å². The van der Waals surface area contributed by atoms with Crippen molar-refractivity contribution < 1.29 is 0 Å². The molecule has 2 aromatic heterocycles. The van der Waals surface area contributed by atoms with Crippen LogP contribution in [0, 0.1) is 0 Å². The first-order chi connectivity index (χ1) is 9.80. The Morgan fingerprint density at radius 3 is 2.60 bits per heavy atom. The second-order valence-corrected chi connectivity index (χ2v) is 4.55. The summed E-state index contributed by atoms with van der Waals surface area (Å²) in [7, 11) is 1.86. The molecule has 0 unspecified atom stereocenters. The first kappa shape index (κ1) is 12.5. The number of fused-ring (bicyclic) bond motifs is 1. The highest BCUT2D eigenvalue weighted by Gasteiger charge is 2.07. The van der Waals surface area contributed by atoms with Gasteiger partial charge in [0, 0.05) is 24.9 Å². The fraction of sp³-hybridized carbons (Fsp3) is 0.188. The summed E-state index contributed by atoms with van der Waals surface area (Å²) in [5.74, 6) is 1.64.